The summed E-state index contributed by atoms with van der Waals surface area (Å²) < 4.78 is 0. The summed E-state index contributed by atoms with van der Waals surface area (Å²) in [6, 6.07) is 6.19. The lowest BCUT2D eigenvalue weighted by Crippen LogP contribution is -2.27. The zero-order chi connectivity index (χ0) is 13.2. The first-order chi connectivity index (χ1) is 8.49. The van der Waals surface area contributed by atoms with Gasteiger partial charge in [-0.15, -0.1) is 11.3 Å². The zero-order valence-corrected chi connectivity index (χ0v) is 11.8. The van der Waals surface area contributed by atoms with E-state index >= 15 is 0 Å². The molecule has 0 radical (unpaired) electrons. The molecule has 2 heterocycles. The number of nitrogens with one attached hydrogen (secondary N) is 1. The molecule has 0 amide bonds. The minimum atomic E-state index is 0.0766. The average Bonchev–Trinajstić information content (AvgIpc) is 2.82. The molecule has 0 fully saturated rings. The molecule has 0 aromatic carbocycles. The van der Waals surface area contributed by atoms with E-state index in [1.807, 2.05) is 19.2 Å². The molecule has 0 aliphatic carbocycles. The van der Waals surface area contributed by atoms with E-state index in [-0.39, 0.29) is 5.41 Å². The number of thiophene rings is 1. The van der Waals surface area contributed by atoms with Crippen LogP contribution in [0.3, 0.4) is 0 Å². The van der Waals surface area contributed by atoms with Gasteiger partial charge in [0.05, 0.1) is 5.69 Å². The Balaban J connectivity index is 2.07. The van der Waals surface area contributed by atoms with Crippen LogP contribution in [0.15, 0.2) is 29.8 Å². The van der Waals surface area contributed by atoms with Crippen molar-refractivity contribution in [2.75, 3.05) is 17.6 Å². The highest BCUT2D eigenvalue weighted by Crippen LogP contribution is 2.28. The first kappa shape index (κ1) is 12.9. The van der Waals surface area contributed by atoms with Crippen LogP contribution in [0, 0.1) is 6.92 Å². The van der Waals surface area contributed by atoms with Gasteiger partial charge >= 0.3 is 0 Å². The number of aromatic nitrogens is 1. The third kappa shape index (κ3) is 2.82. The molecule has 3 N–H and O–H groups in total. The Morgan fingerprint density at radius 1 is 1.44 bits per heavy atom. The minimum absolute atomic E-state index is 0.0766. The number of aryl methyl sites for hydroxylation is 1. The van der Waals surface area contributed by atoms with Crippen molar-refractivity contribution in [1.82, 2.24) is 4.98 Å². The van der Waals surface area contributed by atoms with Crippen LogP contribution in [-0.4, -0.2) is 11.5 Å². The Morgan fingerprint density at radius 2 is 2.22 bits per heavy atom. The molecule has 0 aliphatic rings. The Hall–Kier alpha value is -1.55. The first-order valence-electron chi connectivity index (χ1n) is 5.99. The molecule has 18 heavy (non-hydrogen) atoms. The highest BCUT2D eigenvalue weighted by Gasteiger charge is 2.21. The fraction of sp³-hybridized carbons (Fsp3) is 0.357. The zero-order valence-electron chi connectivity index (χ0n) is 11.0. The number of rotatable bonds is 4. The third-order valence-electron chi connectivity index (χ3n) is 2.94. The fourth-order valence-corrected chi connectivity index (χ4v) is 2.65. The number of pyridine rings is 1. The number of nitrogens with zero attached hydrogens (tertiary/aromatic N) is 1. The van der Waals surface area contributed by atoms with Crippen molar-refractivity contribution in [3.8, 4) is 0 Å². The molecule has 0 atom stereocenters. The van der Waals surface area contributed by atoms with Crippen LogP contribution in [0.4, 0.5) is 11.5 Å². The van der Waals surface area contributed by atoms with Crippen LogP contribution in [-0.2, 0) is 5.41 Å². The van der Waals surface area contributed by atoms with Crippen LogP contribution in [0.25, 0.3) is 0 Å². The molecule has 0 saturated heterocycles. The SMILES string of the molecule is Cc1cnc(NCC(C)(C)c2cccs2)c(N)c1. The lowest BCUT2D eigenvalue weighted by molar-refractivity contribution is 0.568. The van der Waals surface area contributed by atoms with Crippen LogP contribution in [0.2, 0.25) is 0 Å². The van der Waals surface area contributed by atoms with E-state index in [0.29, 0.717) is 5.69 Å². The highest BCUT2D eigenvalue weighted by atomic mass is 32.1. The second-order valence-corrected chi connectivity index (χ2v) is 6.11. The van der Waals surface area contributed by atoms with E-state index < -0.39 is 0 Å². The van der Waals surface area contributed by atoms with Crippen molar-refractivity contribution in [3.63, 3.8) is 0 Å². The van der Waals surface area contributed by atoms with Crippen molar-refractivity contribution in [2.24, 2.45) is 0 Å². The molecule has 0 bridgehead atoms. The molecule has 0 spiro atoms. The largest absolute Gasteiger partial charge is 0.396 e. The number of anilines is 2. The summed E-state index contributed by atoms with van der Waals surface area (Å²) >= 11 is 1.78. The van der Waals surface area contributed by atoms with Crippen molar-refractivity contribution in [3.05, 3.63) is 40.2 Å². The summed E-state index contributed by atoms with van der Waals surface area (Å²) in [6.45, 7) is 7.24. The Labute approximate surface area is 112 Å². The van der Waals surface area contributed by atoms with Crippen molar-refractivity contribution < 1.29 is 0 Å². The molecule has 96 valence electrons. The Morgan fingerprint density at radius 3 is 2.83 bits per heavy atom. The summed E-state index contributed by atoms with van der Waals surface area (Å²) in [4.78, 5) is 5.69. The molecule has 2 aromatic rings. The normalized spacial score (nSPS) is 11.5. The van der Waals surface area contributed by atoms with Gasteiger partial charge in [0.1, 0.15) is 5.82 Å². The standard InChI is InChI=1S/C14H19N3S/c1-10-7-11(15)13(16-8-10)17-9-14(2,3)12-5-4-6-18-12/h4-8H,9,15H2,1-3H3,(H,16,17). The molecule has 0 aliphatic heterocycles. The molecular weight excluding hydrogens is 242 g/mol. The third-order valence-corrected chi connectivity index (χ3v) is 4.18. The number of nitrogen functional groups attached to an aromatic ring is 1. The molecular formula is C14H19N3S. The predicted molar refractivity (Wildman–Crippen MR) is 79.2 cm³/mol. The van der Waals surface area contributed by atoms with Crippen LogP contribution in [0.5, 0.6) is 0 Å². The average molecular weight is 261 g/mol. The first-order valence-corrected chi connectivity index (χ1v) is 6.87. The fourth-order valence-electron chi connectivity index (χ4n) is 1.79. The lowest BCUT2D eigenvalue weighted by Gasteiger charge is -2.24. The van der Waals surface area contributed by atoms with E-state index in [9.17, 15) is 0 Å². The quantitative estimate of drug-likeness (QED) is 0.886. The van der Waals surface area contributed by atoms with Crippen molar-refractivity contribution >= 4 is 22.8 Å². The second kappa shape index (κ2) is 4.98. The van der Waals surface area contributed by atoms with Gasteiger partial charge in [-0.25, -0.2) is 4.98 Å². The van der Waals surface area contributed by atoms with Crippen LogP contribution < -0.4 is 11.1 Å². The van der Waals surface area contributed by atoms with Crippen molar-refractivity contribution in [1.29, 1.82) is 0 Å². The van der Waals surface area contributed by atoms with Crippen molar-refractivity contribution in [2.45, 2.75) is 26.2 Å². The van der Waals surface area contributed by atoms with Crippen LogP contribution in [0.1, 0.15) is 24.3 Å². The maximum absolute atomic E-state index is 5.95. The lowest BCUT2D eigenvalue weighted by atomic mass is 9.91. The van der Waals surface area contributed by atoms with Crippen LogP contribution >= 0.6 is 11.3 Å². The van der Waals surface area contributed by atoms with E-state index in [0.717, 1.165) is 17.9 Å². The van der Waals surface area contributed by atoms with Gasteiger partial charge in [0.2, 0.25) is 0 Å². The maximum atomic E-state index is 5.95. The number of nitrogens with two attached hydrogens (primary N) is 1. The van der Waals surface area contributed by atoms with E-state index in [2.05, 4.69) is 41.7 Å². The molecule has 2 rings (SSSR count). The number of hydrogen-bond donors (Lipinski definition) is 2. The predicted octanol–water partition coefficient (Wildman–Crippen LogP) is 3.42. The van der Waals surface area contributed by atoms with Gasteiger partial charge in [-0.3, -0.25) is 0 Å². The Bertz CT molecular complexity index is 518. The maximum Gasteiger partial charge on any atom is 0.149 e. The minimum Gasteiger partial charge on any atom is -0.396 e. The summed E-state index contributed by atoms with van der Waals surface area (Å²) in [7, 11) is 0. The topological polar surface area (TPSA) is 50.9 Å². The molecule has 0 saturated carbocycles. The van der Waals surface area contributed by atoms with Gasteiger partial charge in [0.15, 0.2) is 0 Å². The summed E-state index contributed by atoms with van der Waals surface area (Å²) in [5, 5.41) is 5.45. The Kier molecular flexibility index (Phi) is 3.57. The summed E-state index contributed by atoms with van der Waals surface area (Å²) in [6.07, 6.45) is 1.83. The van der Waals surface area contributed by atoms with Gasteiger partial charge in [-0.05, 0) is 30.0 Å². The monoisotopic (exact) mass is 261 g/mol. The van der Waals surface area contributed by atoms with E-state index in [4.69, 9.17) is 5.73 Å². The number of hydrogen-bond acceptors (Lipinski definition) is 4. The summed E-state index contributed by atoms with van der Waals surface area (Å²) in [5.41, 5.74) is 7.81. The molecule has 3 nitrogen and oxygen atoms in total. The van der Waals surface area contributed by atoms with Gasteiger partial charge in [-0.1, -0.05) is 19.9 Å². The van der Waals surface area contributed by atoms with Gasteiger partial charge in [-0.2, -0.15) is 0 Å². The molecule has 4 heteroatoms. The molecule has 0 unspecified atom stereocenters. The van der Waals surface area contributed by atoms with E-state index in [1.165, 1.54) is 4.88 Å². The van der Waals surface area contributed by atoms with E-state index in [1.54, 1.807) is 11.3 Å². The highest BCUT2D eigenvalue weighted by molar-refractivity contribution is 7.10. The van der Waals surface area contributed by atoms with Gasteiger partial charge < -0.3 is 11.1 Å². The second-order valence-electron chi connectivity index (χ2n) is 5.17. The molecule has 2 aromatic heterocycles. The smallest absolute Gasteiger partial charge is 0.149 e. The van der Waals surface area contributed by atoms with Gasteiger partial charge in [0.25, 0.3) is 0 Å². The summed E-state index contributed by atoms with van der Waals surface area (Å²) in [5.74, 6) is 0.769. The van der Waals surface area contributed by atoms with Gasteiger partial charge in [0, 0.05) is 23.0 Å².